The number of benzene rings is 1. The summed E-state index contributed by atoms with van der Waals surface area (Å²) in [6.07, 6.45) is 3.93. The first kappa shape index (κ1) is 15.0. The Bertz CT molecular complexity index is 454. The van der Waals surface area contributed by atoms with Crippen LogP contribution in [-0.2, 0) is 0 Å². The highest BCUT2D eigenvalue weighted by Crippen LogP contribution is 2.34. The van der Waals surface area contributed by atoms with E-state index in [4.69, 9.17) is 10.5 Å². The fourth-order valence-electron chi connectivity index (χ4n) is 2.76. The molecule has 0 aromatic heterocycles. The van der Waals surface area contributed by atoms with Crippen LogP contribution in [0.25, 0.3) is 0 Å². The molecule has 1 aromatic carbocycles. The number of anilines is 2. The summed E-state index contributed by atoms with van der Waals surface area (Å²) in [7, 11) is 0. The zero-order valence-electron chi connectivity index (χ0n) is 13.3. The van der Waals surface area contributed by atoms with Crippen molar-refractivity contribution < 1.29 is 4.74 Å². The second kappa shape index (κ2) is 5.94. The van der Waals surface area contributed by atoms with Crippen LogP contribution in [0.5, 0.6) is 5.75 Å². The van der Waals surface area contributed by atoms with Gasteiger partial charge >= 0.3 is 0 Å². The Balaban J connectivity index is 2.16. The first-order valence-electron chi connectivity index (χ1n) is 7.68. The molecule has 112 valence electrons. The Morgan fingerprint density at radius 2 is 1.95 bits per heavy atom. The summed E-state index contributed by atoms with van der Waals surface area (Å²) in [6.45, 7) is 11.0. The highest BCUT2D eigenvalue weighted by molar-refractivity contribution is 5.62. The Morgan fingerprint density at radius 1 is 1.20 bits per heavy atom. The molecule has 1 aliphatic heterocycles. The number of rotatable bonds is 3. The smallest absolute Gasteiger partial charge is 0.144 e. The molecule has 0 saturated carbocycles. The van der Waals surface area contributed by atoms with E-state index in [1.807, 2.05) is 19.9 Å². The Hall–Kier alpha value is -1.38. The van der Waals surface area contributed by atoms with Gasteiger partial charge in [-0.05, 0) is 50.7 Å². The van der Waals surface area contributed by atoms with Crippen molar-refractivity contribution in [1.82, 2.24) is 0 Å². The molecule has 1 fully saturated rings. The number of nitrogen functional groups attached to an aromatic ring is 1. The molecule has 0 spiro atoms. The standard InChI is InChI=1S/C17H28N2O/c1-13(2)20-16-12-14(6-7-15(16)18)19-10-5-8-17(3,4)9-11-19/h6-7,12-13H,5,8-11,18H2,1-4H3. The molecule has 1 aliphatic rings. The molecule has 0 radical (unpaired) electrons. The lowest BCUT2D eigenvalue weighted by Gasteiger charge is -2.25. The van der Waals surface area contributed by atoms with E-state index in [2.05, 4.69) is 30.9 Å². The summed E-state index contributed by atoms with van der Waals surface area (Å²) >= 11 is 0. The van der Waals surface area contributed by atoms with Gasteiger partial charge in [0.2, 0.25) is 0 Å². The van der Waals surface area contributed by atoms with Gasteiger partial charge in [0.25, 0.3) is 0 Å². The predicted molar refractivity (Wildman–Crippen MR) is 86.5 cm³/mol. The highest BCUT2D eigenvalue weighted by Gasteiger charge is 2.23. The summed E-state index contributed by atoms with van der Waals surface area (Å²) in [5.41, 5.74) is 8.41. The lowest BCUT2D eigenvalue weighted by Crippen LogP contribution is -2.25. The Morgan fingerprint density at radius 3 is 2.65 bits per heavy atom. The minimum absolute atomic E-state index is 0.149. The van der Waals surface area contributed by atoms with Crippen LogP contribution in [0.15, 0.2) is 18.2 Å². The van der Waals surface area contributed by atoms with Gasteiger partial charge in [-0.25, -0.2) is 0 Å². The Kier molecular flexibility index (Phi) is 4.46. The molecule has 20 heavy (non-hydrogen) atoms. The molecule has 2 rings (SSSR count). The number of hydrogen-bond donors (Lipinski definition) is 1. The summed E-state index contributed by atoms with van der Waals surface area (Å²) in [5, 5.41) is 0. The average Bonchev–Trinajstić information content (AvgIpc) is 2.53. The number of nitrogens with zero attached hydrogens (tertiary/aromatic N) is 1. The first-order valence-corrected chi connectivity index (χ1v) is 7.68. The third kappa shape index (κ3) is 3.81. The minimum Gasteiger partial charge on any atom is -0.489 e. The number of nitrogens with two attached hydrogens (primary N) is 1. The fourth-order valence-corrected chi connectivity index (χ4v) is 2.76. The summed E-state index contributed by atoms with van der Waals surface area (Å²) in [5.74, 6) is 0.806. The van der Waals surface area contributed by atoms with Gasteiger partial charge in [-0.1, -0.05) is 13.8 Å². The summed E-state index contributed by atoms with van der Waals surface area (Å²) in [6, 6.07) is 6.16. The molecular weight excluding hydrogens is 248 g/mol. The van der Waals surface area contributed by atoms with Crippen LogP contribution in [0, 0.1) is 5.41 Å². The maximum Gasteiger partial charge on any atom is 0.144 e. The van der Waals surface area contributed by atoms with Crippen molar-refractivity contribution in [2.24, 2.45) is 5.41 Å². The topological polar surface area (TPSA) is 38.5 Å². The molecule has 0 amide bonds. The minimum atomic E-state index is 0.149. The quantitative estimate of drug-likeness (QED) is 0.846. The van der Waals surface area contributed by atoms with Crippen molar-refractivity contribution in [2.45, 2.75) is 53.1 Å². The van der Waals surface area contributed by atoms with Crippen molar-refractivity contribution in [3.63, 3.8) is 0 Å². The molecule has 0 aliphatic carbocycles. The molecule has 1 aromatic rings. The largest absolute Gasteiger partial charge is 0.489 e. The van der Waals surface area contributed by atoms with E-state index >= 15 is 0 Å². The van der Waals surface area contributed by atoms with Crippen LogP contribution in [0.2, 0.25) is 0 Å². The van der Waals surface area contributed by atoms with Gasteiger partial charge in [-0.3, -0.25) is 0 Å². The van der Waals surface area contributed by atoms with Crippen LogP contribution in [0.4, 0.5) is 11.4 Å². The van der Waals surface area contributed by atoms with Crippen LogP contribution < -0.4 is 15.4 Å². The third-order valence-electron chi connectivity index (χ3n) is 4.07. The molecule has 2 N–H and O–H groups in total. The van der Waals surface area contributed by atoms with Crippen LogP contribution >= 0.6 is 0 Å². The normalized spacial score (nSPS) is 18.9. The van der Waals surface area contributed by atoms with E-state index < -0.39 is 0 Å². The lowest BCUT2D eigenvalue weighted by atomic mass is 9.85. The number of hydrogen-bond acceptors (Lipinski definition) is 3. The monoisotopic (exact) mass is 276 g/mol. The lowest BCUT2D eigenvalue weighted by molar-refractivity contribution is 0.244. The van der Waals surface area contributed by atoms with Crippen molar-refractivity contribution in [3.8, 4) is 5.75 Å². The van der Waals surface area contributed by atoms with Gasteiger partial charge in [0, 0.05) is 24.8 Å². The average molecular weight is 276 g/mol. The van der Waals surface area contributed by atoms with E-state index in [1.165, 1.54) is 24.9 Å². The van der Waals surface area contributed by atoms with Gasteiger partial charge in [-0.2, -0.15) is 0 Å². The molecular formula is C17H28N2O. The summed E-state index contributed by atoms with van der Waals surface area (Å²) in [4.78, 5) is 2.46. The molecule has 3 heteroatoms. The van der Waals surface area contributed by atoms with E-state index in [1.54, 1.807) is 0 Å². The Labute approximate surface area is 123 Å². The maximum atomic E-state index is 6.00. The molecule has 3 nitrogen and oxygen atoms in total. The highest BCUT2D eigenvalue weighted by atomic mass is 16.5. The van der Waals surface area contributed by atoms with Gasteiger partial charge in [0.1, 0.15) is 5.75 Å². The summed E-state index contributed by atoms with van der Waals surface area (Å²) < 4.78 is 5.80. The van der Waals surface area contributed by atoms with Crippen LogP contribution in [0.3, 0.4) is 0 Å². The van der Waals surface area contributed by atoms with E-state index in [-0.39, 0.29) is 6.10 Å². The van der Waals surface area contributed by atoms with E-state index in [9.17, 15) is 0 Å². The fraction of sp³-hybridized carbons (Fsp3) is 0.647. The van der Waals surface area contributed by atoms with E-state index in [0.29, 0.717) is 5.41 Å². The zero-order valence-corrected chi connectivity index (χ0v) is 13.3. The molecule has 0 bridgehead atoms. The van der Waals surface area contributed by atoms with Crippen LogP contribution in [-0.4, -0.2) is 19.2 Å². The molecule has 0 unspecified atom stereocenters. The van der Waals surface area contributed by atoms with Crippen LogP contribution in [0.1, 0.15) is 47.0 Å². The van der Waals surface area contributed by atoms with Gasteiger partial charge in [-0.15, -0.1) is 0 Å². The van der Waals surface area contributed by atoms with Crippen molar-refractivity contribution in [1.29, 1.82) is 0 Å². The second-order valence-corrected chi connectivity index (χ2v) is 6.89. The van der Waals surface area contributed by atoms with Gasteiger partial charge < -0.3 is 15.4 Å². The first-order chi connectivity index (χ1) is 9.37. The number of ether oxygens (including phenoxy) is 1. The SMILES string of the molecule is CC(C)Oc1cc(N2CCCC(C)(C)CC2)ccc1N. The van der Waals surface area contributed by atoms with Gasteiger partial charge in [0.05, 0.1) is 11.8 Å². The van der Waals surface area contributed by atoms with Crippen molar-refractivity contribution >= 4 is 11.4 Å². The van der Waals surface area contributed by atoms with Crippen molar-refractivity contribution in [3.05, 3.63) is 18.2 Å². The third-order valence-corrected chi connectivity index (χ3v) is 4.07. The zero-order chi connectivity index (χ0) is 14.8. The van der Waals surface area contributed by atoms with Gasteiger partial charge in [0.15, 0.2) is 0 Å². The molecule has 0 atom stereocenters. The molecule has 1 heterocycles. The maximum absolute atomic E-state index is 6.00. The predicted octanol–water partition coefficient (Wildman–Crippen LogP) is 4.07. The molecule has 1 saturated heterocycles. The second-order valence-electron chi connectivity index (χ2n) is 6.89. The van der Waals surface area contributed by atoms with Crippen molar-refractivity contribution in [2.75, 3.05) is 23.7 Å². The van der Waals surface area contributed by atoms with E-state index in [0.717, 1.165) is 24.5 Å².